The van der Waals surface area contributed by atoms with Crippen LogP contribution in [0.2, 0.25) is 0 Å². The molecule has 3 rings (SSSR count). The van der Waals surface area contributed by atoms with Crippen LogP contribution in [0.15, 0.2) is 60.7 Å². The average molecular weight is 332 g/mol. The second kappa shape index (κ2) is 6.93. The van der Waals surface area contributed by atoms with Crippen LogP contribution in [-0.4, -0.2) is 17.0 Å². The minimum absolute atomic E-state index is 0.146. The second-order valence-corrected chi connectivity index (χ2v) is 7.03. The molecule has 2 N–H and O–H groups in total. The van der Waals surface area contributed by atoms with Gasteiger partial charge in [-0.05, 0) is 23.1 Å². The topological polar surface area (TPSA) is 49.8 Å². The van der Waals surface area contributed by atoms with Crippen LogP contribution in [0.25, 0.3) is 11.3 Å². The van der Waals surface area contributed by atoms with E-state index in [0.717, 1.165) is 22.8 Å². The third-order valence-corrected chi connectivity index (χ3v) is 4.04. The summed E-state index contributed by atoms with van der Waals surface area (Å²) in [6.45, 7) is 6.64. The van der Waals surface area contributed by atoms with Crippen LogP contribution in [0.5, 0.6) is 0 Å². The van der Waals surface area contributed by atoms with Gasteiger partial charge in [0.15, 0.2) is 0 Å². The van der Waals surface area contributed by atoms with Crippen molar-refractivity contribution in [2.75, 3.05) is 17.7 Å². The highest BCUT2D eigenvalue weighted by Gasteiger charge is 2.13. The Hall–Kier alpha value is -2.88. The van der Waals surface area contributed by atoms with Crippen molar-refractivity contribution in [3.63, 3.8) is 0 Å². The molecule has 0 radical (unpaired) electrons. The van der Waals surface area contributed by atoms with E-state index < -0.39 is 0 Å². The van der Waals surface area contributed by atoms with Crippen LogP contribution in [0, 0.1) is 0 Å². The summed E-state index contributed by atoms with van der Waals surface area (Å²) < 4.78 is 0. The summed E-state index contributed by atoms with van der Waals surface area (Å²) in [6, 6.07) is 20.6. The first kappa shape index (κ1) is 17.0. The van der Waals surface area contributed by atoms with Gasteiger partial charge in [-0.15, -0.1) is 0 Å². The normalized spacial score (nSPS) is 11.2. The number of hydrogen-bond acceptors (Lipinski definition) is 4. The van der Waals surface area contributed by atoms with Gasteiger partial charge in [-0.1, -0.05) is 63.2 Å². The van der Waals surface area contributed by atoms with Crippen LogP contribution in [0.1, 0.15) is 26.3 Å². The van der Waals surface area contributed by atoms with E-state index in [0.29, 0.717) is 5.95 Å². The largest absolute Gasteiger partial charge is 0.357 e. The molecule has 1 heterocycles. The van der Waals surface area contributed by atoms with Gasteiger partial charge in [0.05, 0.1) is 5.69 Å². The lowest BCUT2D eigenvalue weighted by atomic mass is 9.87. The Bertz CT molecular complexity index is 834. The molecule has 4 heteroatoms. The number of aromatic nitrogens is 2. The van der Waals surface area contributed by atoms with Crippen molar-refractivity contribution in [2.45, 2.75) is 26.2 Å². The minimum atomic E-state index is 0.146. The van der Waals surface area contributed by atoms with Gasteiger partial charge >= 0.3 is 0 Å². The SMILES string of the molecule is CNc1nc(Nc2ccc(C(C)(C)C)cc2)cc(-c2ccccc2)n1. The van der Waals surface area contributed by atoms with Crippen LogP contribution in [0.4, 0.5) is 17.5 Å². The molecule has 0 bridgehead atoms. The number of nitrogens with zero attached hydrogens (tertiary/aromatic N) is 2. The molecule has 0 aliphatic rings. The molecule has 0 amide bonds. The first-order chi connectivity index (χ1) is 12.0. The molecule has 128 valence electrons. The number of rotatable bonds is 4. The molecule has 0 aliphatic heterocycles. The number of hydrogen-bond donors (Lipinski definition) is 2. The zero-order valence-electron chi connectivity index (χ0n) is 15.2. The second-order valence-electron chi connectivity index (χ2n) is 7.03. The molecular formula is C21H24N4. The Morgan fingerprint density at radius 2 is 1.52 bits per heavy atom. The molecule has 2 aromatic carbocycles. The summed E-state index contributed by atoms with van der Waals surface area (Å²) in [6.07, 6.45) is 0. The van der Waals surface area contributed by atoms with Crippen molar-refractivity contribution in [3.05, 3.63) is 66.2 Å². The number of benzene rings is 2. The van der Waals surface area contributed by atoms with Gasteiger partial charge in [0.1, 0.15) is 5.82 Å². The van der Waals surface area contributed by atoms with E-state index in [1.165, 1.54) is 5.56 Å². The lowest BCUT2D eigenvalue weighted by Gasteiger charge is -2.19. The Morgan fingerprint density at radius 3 is 2.12 bits per heavy atom. The van der Waals surface area contributed by atoms with Crippen molar-refractivity contribution in [1.82, 2.24) is 9.97 Å². The molecule has 4 nitrogen and oxygen atoms in total. The number of nitrogens with one attached hydrogen (secondary N) is 2. The first-order valence-corrected chi connectivity index (χ1v) is 8.45. The van der Waals surface area contributed by atoms with Crippen molar-refractivity contribution >= 4 is 17.5 Å². The van der Waals surface area contributed by atoms with Crippen LogP contribution in [-0.2, 0) is 5.41 Å². The third-order valence-electron chi connectivity index (χ3n) is 4.04. The van der Waals surface area contributed by atoms with Crippen LogP contribution in [0.3, 0.4) is 0 Å². The van der Waals surface area contributed by atoms with Gasteiger partial charge in [0, 0.05) is 24.4 Å². The molecule has 3 aromatic rings. The summed E-state index contributed by atoms with van der Waals surface area (Å²) in [5.41, 5.74) is 4.41. The van der Waals surface area contributed by atoms with Gasteiger partial charge in [-0.2, -0.15) is 4.98 Å². The van der Waals surface area contributed by atoms with Crippen LogP contribution >= 0.6 is 0 Å². The highest BCUT2D eigenvalue weighted by Crippen LogP contribution is 2.26. The molecule has 0 aliphatic carbocycles. The van der Waals surface area contributed by atoms with E-state index in [4.69, 9.17) is 0 Å². The van der Waals surface area contributed by atoms with E-state index >= 15 is 0 Å². The fourth-order valence-corrected chi connectivity index (χ4v) is 2.58. The van der Waals surface area contributed by atoms with E-state index in [1.807, 2.05) is 43.4 Å². The first-order valence-electron chi connectivity index (χ1n) is 8.45. The molecule has 0 saturated carbocycles. The summed E-state index contributed by atoms with van der Waals surface area (Å²) in [7, 11) is 1.83. The Labute approximate surface area is 149 Å². The molecule has 0 fully saturated rings. The fraction of sp³-hybridized carbons (Fsp3) is 0.238. The summed E-state index contributed by atoms with van der Waals surface area (Å²) in [5.74, 6) is 1.36. The third kappa shape index (κ3) is 4.15. The van der Waals surface area contributed by atoms with Gasteiger partial charge in [0.25, 0.3) is 0 Å². The van der Waals surface area contributed by atoms with E-state index in [-0.39, 0.29) is 5.41 Å². The number of anilines is 3. The van der Waals surface area contributed by atoms with E-state index in [1.54, 1.807) is 0 Å². The van der Waals surface area contributed by atoms with Gasteiger partial charge in [-0.25, -0.2) is 4.98 Å². The monoisotopic (exact) mass is 332 g/mol. The minimum Gasteiger partial charge on any atom is -0.357 e. The molecular weight excluding hydrogens is 308 g/mol. The maximum Gasteiger partial charge on any atom is 0.224 e. The highest BCUT2D eigenvalue weighted by atomic mass is 15.1. The van der Waals surface area contributed by atoms with Gasteiger partial charge in [0.2, 0.25) is 5.95 Å². The fourth-order valence-electron chi connectivity index (χ4n) is 2.58. The Morgan fingerprint density at radius 1 is 0.840 bits per heavy atom. The lowest BCUT2D eigenvalue weighted by molar-refractivity contribution is 0.590. The van der Waals surface area contributed by atoms with Crippen molar-refractivity contribution < 1.29 is 0 Å². The van der Waals surface area contributed by atoms with Gasteiger partial charge in [-0.3, -0.25) is 0 Å². The van der Waals surface area contributed by atoms with E-state index in [2.05, 4.69) is 65.6 Å². The van der Waals surface area contributed by atoms with Crippen molar-refractivity contribution in [2.24, 2.45) is 0 Å². The highest BCUT2D eigenvalue weighted by molar-refractivity contribution is 5.67. The zero-order valence-corrected chi connectivity index (χ0v) is 15.2. The summed E-state index contributed by atoms with van der Waals surface area (Å²) >= 11 is 0. The molecule has 0 saturated heterocycles. The predicted molar refractivity (Wildman–Crippen MR) is 105 cm³/mol. The van der Waals surface area contributed by atoms with Crippen LogP contribution < -0.4 is 10.6 Å². The maximum absolute atomic E-state index is 4.55. The quantitative estimate of drug-likeness (QED) is 0.687. The Balaban J connectivity index is 1.89. The lowest BCUT2D eigenvalue weighted by Crippen LogP contribution is -2.10. The predicted octanol–water partition coefficient (Wildman–Crippen LogP) is 5.23. The molecule has 1 aromatic heterocycles. The van der Waals surface area contributed by atoms with Gasteiger partial charge < -0.3 is 10.6 Å². The maximum atomic E-state index is 4.55. The van der Waals surface area contributed by atoms with Crippen molar-refractivity contribution in [3.8, 4) is 11.3 Å². The smallest absolute Gasteiger partial charge is 0.224 e. The zero-order chi connectivity index (χ0) is 17.9. The molecule has 25 heavy (non-hydrogen) atoms. The molecule has 0 atom stereocenters. The van der Waals surface area contributed by atoms with E-state index in [9.17, 15) is 0 Å². The molecule has 0 spiro atoms. The average Bonchev–Trinajstić information content (AvgIpc) is 2.62. The summed E-state index contributed by atoms with van der Waals surface area (Å²) in [4.78, 5) is 9.06. The standard InChI is InChI=1S/C21H24N4/c1-21(2,3)16-10-12-17(13-11-16)23-19-14-18(24-20(22-4)25-19)15-8-6-5-7-9-15/h5-14H,1-4H3,(H2,22,23,24,25). The van der Waals surface area contributed by atoms with Crippen molar-refractivity contribution in [1.29, 1.82) is 0 Å². The Kier molecular flexibility index (Phi) is 4.70. The summed E-state index contributed by atoms with van der Waals surface area (Å²) in [5, 5.41) is 6.41. The molecule has 0 unspecified atom stereocenters.